The average molecular weight is 301 g/mol. The zero-order valence-electron chi connectivity index (χ0n) is 11.0. The van der Waals surface area contributed by atoms with Gasteiger partial charge < -0.3 is 5.11 Å². The number of aromatic nitrogens is 1. The Morgan fingerprint density at radius 2 is 2.05 bits per heavy atom. The molecule has 0 aliphatic heterocycles. The van der Waals surface area contributed by atoms with Gasteiger partial charge in [0.1, 0.15) is 0 Å². The minimum Gasteiger partial charge on any atom is -0.388 e. The van der Waals surface area contributed by atoms with Gasteiger partial charge in [-0.1, -0.05) is 18.2 Å². The van der Waals surface area contributed by atoms with Crippen LogP contribution in [0.2, 0.25) is 0 Å². The molecule has 1 aromatic heterocycles. The summed E-state index contributed by atoms with van der Waals surface area (Å²) in [6.07, 6.45) is -4.61. The molecule has 2 aromatic rings. The number of hydrogen-bond acceptors (Lipinski definition) is 3. The molecule has 6 heteroatoms. The van der Waals surface area contributed by atoms with Crippen molar-refractivity contribution >= 4 is 11.3 Å². The summed E-state index contributed by atoms with van der Waals surface area (Å²) in [7, 11) is 0. The van der Waals surface area contributed by atoms with E-state index in [0.717, 1.165) is 22.7 Å². The predicted octanol–water partition coefficient (Wildman–Crippen LogP) is 4.11. The molecule has 0 spiro atoms. The zero-order valence-corrected chi connectivity index (χ0v) is 11.8. The van der Waals surface area contributed by atoms with Crippen molar-refractivity contribution in [3.63, 3.8) is 0 Å². The first kappa shape index (κ1) is 15.0. The minimum absolute atomic E-state index is 0.335. The average Bonchev–Trinajstić information content (AvgIpc) is 2.69. The molecule has 108 valence electrons. The van der Waals surface area contributed by atoms with Gasteiger partial charge >= 0.3 is 6.18 Å². The van der Waals surface area contributed by atoms with Crippen LogP contribution in [-0.4, -0.2) is 10.1 Å². The van der Waals surface area contributed by atoms with Gasteiger partial charge in [-0.15, -0.1) is 11.3 Å². The van der Waals surface area contributed by atoms with Gasteiger partial charge in [0.05, 0.1) is 27.2 Å². The Balaban J connectivity index is 2.24. The lowest BCUT2D eigenvalue weighted by molar-refractivity contribution is -0.137. The van der Waals surface area contributed by atoms with Crippen LogP contribution >= 0.6 is 11.3 Å². The lowest BCUT2D eigenvalue weighted by atomic mass is 10.1. The third-order valence-corrected chi connectivity index (χ3v) is 4.19. The first-order valence-corrected chi connectivity index (χ1v) is 6.89. The van der Waals surface area contributed by atoms with Crippen LogP contribution in [0.4, 0.5) is 13.2 Å². The first-order chi connectivity index (χ1) is 9.27. The SMILES string of the molecule is Cc1nc(Cc2cccc(C(F)(F)F)c2)sc1C(C)O. The molecular formula is C14H14F3NOS. The smallest absolute Gasteiger partial charge is 0.388 e. The van der Waals surface area contributed by atoms with E-state index in [1.807, 2.05) is 0 Å². The molecule has 0 saturated heterocycles. The number of alkyl halides is 3. The van der Waals surface area contributed by atoms with E-state index in [0.29, 0.717) is 17.0 Å². The molecule has 0 radical (unpaired) electrons. The fourth-order valence-electron chi connectivity index (χ4n) is 1.96. The van der Waals surface area contributed by atoms with Crippen LogP contribution in [0.1, 0.15) is 39.7 Å². The molecule has 0 fully saturated rings. The fourth-order valence-corrected chi connectivity index (χ4v) is 3.00. The van der Waals surface area contributed by atoms with Crippen LogP contribution in [0.5, 0.6) is 0 Å². The van der Waals surface area contributed by atoms with Crippen molar-refractivity contribution in [3.05, 3.63) is 51.0 Å². The van der Waals surface area contributed by atoms with Crippen LogP contribution in [-0.2, 0) is 12.6 Å². The Morgan fingerprint density at radius 3 is 2.60 bits per heavy atom. The summed E-state index contributed by atoms with van der Waals surface area (Å²) in [5.74, 6) is 0. The number of aliphatic hydroxyl groups excluding tert-OH is 1. The number of rotatable bonds is 3. The molecule has 0 amide bonds. The Hall–Kier alpha value is -1.40. The van der Waals surface area contributed by atoms with Crippen LogP contribution in [0, 0.1) is 6.92 Å². The van der Waals surface area contributed by atoms with Crippen molar-refractivity contribution in [2.24, 2.45) is 0 Å². The number of aliphatic hydroxyl groups is 1. The summed E-state index contributed by atoms with van der Waals surface area (Å²) < 4.78 is 37.9. The summed E-state index contributed by atoms with van der Waals surface area (Å²) in [6, 6.07) is 5.23. The van der Waals surface area contributed by atoms with E-state index < -0.39 is 17.8 Å². The molecule has 1 unspecified atom stereocenters. The molecule has 0 aliphatic carbocycles. The number of nitrogens with zero attached hydrogens (tertiary/aromatic N) is 1. The molecule has 20 heavy (non-hydrogen) atoms. The van der Waals surface area contributed by atoms with Gasteiger partial charge in [0, 0.05) is 6.42 Å². The maximum atomic E-state index is 12.6. The highest BCUT2D eigenvalue weighted by molar-refractivity contribution is 7.11. The van der Waals surface area contributed by atoms with Crippen LogP contribution in [0.3, 0.4) is 0 Å². The van der Waals surface area contributed by atoms with E-state index in [4.69, 9.17) is 0 Å². The number of hydrogen-bond donors (Lipinski definition) is 1. The third-order valence-electron chi connectivity index (χ3n) is 2.87. The highest BCUT2D eigenvalue weighted by atomic mass is 32.1. The largest absolute Gasteiger partial charge is 0.416 e. The topological polar surface area (TPSA) is 33.1 Å². The van der Waals surface area contributed by atoms with Gasteiger partial charge in [-0.2, -0.15) is 13.2 Å². The number of benzene rings is 1. The highest BCUT2D eigenvalue weighted by Gasteiger charge is 2.30. The second kappa shape index (κ2) is 5.54. The summed E-state index contributed by atoms with van der Waals surface area (Å²) in [5, 5.41) is 10.3. The Kier molecular flexibility index (Phi) is 4.15. The normalized spacial score (nSPS) is 13.5. The third kappa shape index (κ3) is 3.37. The molecule has 1 atom stereocenters. The maximum absolute atomic E-state index is 12.6. The monoisotopic (exact) mass is 301 g/mol. The van der Waals surface area contributed by atoms with E-state index in [1.165, 1.54) is 17.4 Å². The standard InChI is InChI=1S/C14H14F3NOS/c1-8-13(9(2)19)20-12(18-8)7-10-4-3-5-11(6-10)14(15,16)17/h3-6,9,19H,7H2,1-2H3. The molecule has 0 bridgehead atoms. The Morgan fingerprint density at radius 1 is 1.35 bits per heavy atom. The van der Waals surface area contributed by atoms with Gasteiger partial charge in [-0.3, -0.25) is 0 Å². The van der Waals surface area contributed by atoms with Crippen molar-refractivity contribution in [2.75, 3.05) is 0 Å². The zero-order chi connectivity index (χ0) is 14.9. The van der Waals surface area contributed by atoms with Crippen molar-refractivity contribution in [1.29, 1.82) is 0 Å². The fraction of sp³-hybridized carbons (Fsp3) is 0.357. The van der Waals surface area contributed by atoms with Gasteiger partial charge in [0.15, 0.2) is 0 Å². The highest BCUT2D eigenvalue weighted by Crippen LogP contribution is 2.31. The first-order valence-electron chi connectivity index (χ1n) is 6.08. The van der Waals surface area contributed by atoms with Crippen molar-refractivity contribution < 1.29 is 18.3 Å². The molecule has 2 nitrogen and oxygen atoms in total. The molecular weight excluding hydrogens is 287 g/mol. The van der Waals surface area contributed by atoms with Crippen LogP contribution < -0.4 is 0 Å². The van der Waals surface area contributed by atoms with Crippen LogP contribution in [0.15, 0.2) is 24.3 Å². The van der Waals surface area contributed by atoms with Gasteiger partial charge in [-0.05, 0) is 25.5 Å². The maximum Gasteiger partial charge on any atom is 0.416 e. The lowest BCUT2D eigenvalue weighted by Gasteiger charge is -2.07. The number of thiazole rings is 1. The van der Waals surface area contributed by atoms with E-state index in [1.54, 1.807) is 19.9 Å². The van der Waals surface area contributed by atoms with E-state index in [-0.39, 0.29) is 0 Å². The second-order valence-corrected chi connectivity index (χ2v) is 5.72. The number of aryl methyl sites for hydroxylation is 1. The Labute approximate surface area is 118 Å². The summed E-state index contributed by atoms with van der Waals surface area (Å²) in [4.78, 5) is 5.05. The molecule has 2 rings (SSSR count). The van der Waals surface area contributed by atoms with Crippen molar-refractivity contribution in [2.45, 2.75) is 32.5 Å². The number of halogens is 3. The van der Waals surface area contributed by atoms with Gasteiger partial charge in [0.2, 0.25) is 0 Å². The van der Waals surface area contributed by atoms with E-state index in [9.17, 15) is 18.3 Å². The predicted molar refractivity (Wildman–Crippen MR) is 71.7 cm³/mol. The van der Waals surface area contributed by atoms with E-state index in [2.05, 4.69) is 4.98 Å². The second-order valence-electron chi connectivity index (χ2n) is 4.61. The summed E-state index contributed by atoms with van der Waals surface area (Å²) in [5.41, 5.74) is 0.636. The van der Waals surface area contributed by atoms with Gasteiger partial charge in [0.25, 0.3) is 0 Å². The van der Waals surface area contributed by atoms with Crippen molar-refractivity contribution in [1.82, 2.24) is 4.98 Å². The van der Waals surface area contributed by atoms with Gasteiger partial charge in [-0.25, -0.2) is 4.98 Å². The van der Waals surface area contributed by atoms with Crippen molar-refractivity contribution in [3.8, 4) is 0 Å². The van der Waals surface area contributed by atoms with E-state index >= 15 is 0 Å². The lowest BCUT2D eigenvalue weighted by Crippen LogP contribution is -2.05. The molecule has 0 aliphatic rings. The molecule has 0 saturated carbocycles. The summed E-state index contributed by atoms with van der Waals surface area (Å²) >= 11 is 1.33. The molecule has 1 N–H and O–H groups in total. The molecule has 1 heterocycles. The minimum atomic E-state index is -4.33. The Bertz CT molecular complexity index is 605. The molecule has 1 aromatic carbocycles. The quantitative estimate of drug-likeness (QED) is 0.925. The summed E-state index contributed by atoms with van der Waals surface area (Å²) in [6.45, 7) is 3.43. The van der Waals surface area contributed by atoms with Crippen LogP contribution in [0.25, 0.3) is 0 Å².